The molecule has 1 aromatic rings. The Morgan fingerprint density at radius 3 is 1.39 bits per heavy atom. The molecule has 8 heteroatoms. The van der Waals surface area contributed by atoms with Crippen LogP contribution in [-0.4, -0.2) is 29.1 Å². The van der Waals surface area contributed by atoms with E-state index in [1.54, 1.807) is 24.3 Å². The second-order valence-corrected chi connectivity index (χ2v) is 3.95. The van der Waals surface area contributed by atoms with Gasteiger partial charge in [0.2, 0.25) is 0 Å². The van der Waals surface area contributed by atoms with E-state index in [1.165, 1.54) is 12.2 Å². The number of fused-ring (bicyclic) bond motifs is 1. The number of allylic oxidation sites excluding steroid dienone is 2. The van der Waals surface area contributed by atoms with Crippen LogP contribution >= 0.6 is 0 Å². The van der Waals surface area contributed by atoms with Crippen LogP contribution < -0.4 is 0 Å². The molecule has 101 valence electrons. The van der Waals surface area contributed by atoms with Crippen LogP contribution in [0.5, 0.6) is 0 Å². The number of ketones is 2. The molecule has 1 aromatic carbocycles. The van der Waals surface area contributed by atoms with E-state index in [0.717, 1.165) is 0 Å². The second-order valence-electron chi connectivity index (χ2n) is 3.06. The van der Waals surface area contributed by atoms with Gasteiger partial charge in [-0.1, -0.05) is 24.3 Å². The van der Waals surface area contributed by atoms with Crippen molar-refractivity contribution < 1.29 is 44.2 Å². The maximum Gasteiger partial charge on any atom is 0.394 e. The van der Waals surface area contributed by atoms with Crippen LogP contribution in [0.25, 0.3) is 0 Å². The van der Waals surface area contributed by atoms with Gasteiger partial charge >= 0.3 is 10.4 Å². The zero-order valence-electron chi connectivity index (χ0n) is 8.70. The van der Waals surface area contributed by atoms with Crippen LogP contribution in [-0.2, 0) is 27.5 Å². The molecule has 0 bridgehead atoms. The van der Waals surface area contributed by atoms with Crippen molar-refractivity contribution in [1.29, 1.82) is 0 Å². The molecule has 1 aliphatic carbocycles. The molecule has 0 amide bonds. The molecule has 0 atom stereocenters. The van der Waals surface area contributed by atoms with E-state index in [9.17, 15) is 9.59 Å². The van der Waals surface area contributed by atoms with Crippen LogP contribution in [0.4, 0.5) is 0 Å². The second kappa shape index (κ2) is 6.58. The molecule has 1 aliphatic rings. The first-order valence-electron chi connectivity index (χ1n) is 4.34. The number of rotatable bonds is 0. The number of benzene rings is 1. The fraction of sp³-hybridized carbons (Fsp3) is 0. The minimum Gasteiger partial charge on any atom is -0.289 e. The van der Waals surface area contributed by atoms with Crippen molar-refractivity contribution in [2.75, 3.05) is 0 Å². The molecule has 2 N–H and O–H groups in total. The Labute approximate surface area is 114 Å². The Morgan fingerprint density at radius 1 is 0.833 bits per heavy atom. The van der Waals surface area contributed by atoms with Gasteiger partial charge in [0.1, 0.15) is 0 Å². The molecule has 0 unspecified atom stereocenters. The average molecular weight is 320 g/mol. The van der Waals surface area contributed by atoms with Crippen molar-refractivity contribution in [2.45, 2.75) is 0 Å². The standard InChI is InChI=1S/C10H6O2.Cu.H2O4S/c11-9-5-6-10(12)8-4-2-1-3-7(8)9;;1-5(2,3)4/h1-6H;;(H2,1,2,3,4). The summed E-state index contributed by atoms with van der Waals surface area (Å²) in [6.45, 7) is 0. The fourth-order valence-corrected chi connectivity index (χ4v) is 1.24. The van der Waals surface area contributed by atoms with Crippen LogP contribution in [0.1, 0.15) is 20.7 Å². The minimum absolute atomic E-state index is 0. The van der Waals surface area contributed by atoms with Gasteiger partial charge in [-0.3, -0.25) is 18.7 Å². The molecule has 0 spiro atoms. The summed E-state index contributed by atoms with van der Waals surface area (Å²) in [6.07, 6.45) is 2.62. The first-order valence-corrected chi connectivity index (χ1v) is 5.74. The van der Waals surface area contributed by atoms with Crippen LogP contribution in [0.15, 0.2) is 36.4 Å². The normalized spacial score (nSPS) is 13.0. The Morgan fingerprint density at radius 2 is 1.11 bits per heavy atom. The first-order chi connectivity index (χ1) is 7.79. The van der Waals surface area contributed by atoms with E-state index >= 15 is 0 Å². The van der Waals surface area contributed by atoms with Gasteiger partial charge in [-0.05, 0) is 12.2 Å². The van der Waals surface area contributed by atoms with Crippen LogP contribution in [0, 0.1) is 0 Å². The molecule has 18 heavy (non-hydrogen) atoms. The smallest absolute Gasteiger partial charge is 0.289 e. The molecular formula is C10H8CuO6S. The molecular weight excluding hydrogens is 312 g/mol. The summed E-state index contributed by atoms with van der Waals surface area (Å²) < 4.78 is 31.6. The van der Waals surface area contributed by atoms with Gasteiger partial charge < -0.3 is 0 Å². The van der Waals surface area contributed by atoms with E-state index in [2.05, 4.69) is 0 Å². The van der Waals surface area contributed by atoms with E-state index < -0.39 is 10.4 Å². The van der Waals surface area contributed by atoms with E-state index in [-0.39, 0.29) is 28.6 Å². The van der Waals surface area contributed by atoms with E-state index in [4.69, 9.17) is 17.5 Å². The first kappa shape index (κ1) is 16.7. The van der Waals surface area contributed by atoms with Gasteiger partial charge in [-0.2, -0.15) is 8.42 Å². The summed E-state index contributed by atoms with van der Waals surface area (Å²) in [5.41, 5.74) is 1.01. The van der Waals surface area contributed by atoms with E-state index in [0.29, 0.717) is 11.1 Å². The molecule has 0 saturated carbocycles. The molecule has 0 fully saturated rings. The molecule has 0 aliphatic heterocycles. The minimum atomic E-state index is -4.67. The Hall–Kier alpha value is -1.31. The third-order valence-corrected chi connectivity index (χ3v) is 1.84. The zero-order valence-corrected chi connectivity index (χ0v) is 10.5. The largest absolute Gasteiger partial charge is 0.394 e. The number of carbonyl (C=O) groups is 2. The topological polar surface area (TPSA) is 109 Å². The van der Waals surface area contributed by atoms with Crippen molar-refractivity contribution in [2.24, 2.45) is 0 Å². The van der Waals surface area contributed by atoms with Gasteiger partial charge in [0.15, 0.2) is 11.6 Å². The molecule has 0 aromatic heterocycles. The van der Waals surface area contributed by atoms with Gasteiger partial charge in [0.05, 0.1) is 0 Å². The molecule has 0 saturated heterocycles. The molecule has 0 heterocycles. The van der Waals surface area contributed by atoms with E-state index in [1.807, 2.05) is 0 Å². The third kappa shape index (κ3) is 5.35. The fourth-order valence-electron chi connectivity index (χ4n) is 1.24. The van der Waals surface area contributed by atoms with Crippen LogP contribution in [0.3, 0.4) is 0 Å². The van der Waals surface area contributed by atoms with Gasteiger partial charge in [-0.15, -0.1) is 0 Å². The van der Waals surface area contributed by atoms with Crippen molar-refractivity contribution in [1.82, 2.24) is 0 Å². The van der Waals surface area contributed by atoms with Crippen LogP contribution in [0.2, 0.25) is 0 Å². The zero-order chi connectivity index (χ0) is 13.1. The summed E-state index contributed by atoms with van der Waals surface area (Å²) in [7, 11) is -4.67. The monoisotopic (exact) mass is 319 g/mol. The predicted molar refractivity (Wildman–Crippen MR) is 58.4 cm³/mol. The summed E-state index contributed by atoms with van der Waals surface area (Å²) in [5, 5.41) is 0. The summed E-state index contributed by atoms with van der Waals surface area (Å²) in [4.78, 5) is 22.4. The maximum atomic E-state index is 11.2. The predicted octanol–water partition coefficient (Wildman–Crippen LogP) is 0.967. The molecule has 2 rings (SSSR count). The quantitative estimate of drug-likeness (QED) is 0.544. The molecule has 1 radical (unpaired) electrons. The Kier molecular flexibility index (Phi) is 6.10. The van der Waals surface area contributed by atoms with Gasteiger partial charge in [0.25, 0.3) is 0 Å². The Bertz CT molecular complexity index is 545. The van der Waals surface area contributed by atoms with Gasteiger partial charge in [0, 0.05) is 28.2 Å². The third-order valence-electron chi connectivity index (χ3n) is 1.84. The summed E-state index contributed by atoms with van der Waals surface area (Å²) >= 11 is 0. The Balaban J connectivity index is 0.000000421. The van der Waals surface area contributed by atoms with Gasteiger partial charge in [-0.25, -0.2) is 0 Å². The summed E-state index contributed by atoms with van der Waals surface area (Å²) in [6, 6.07) is 6.84. The van der Waals surface area contributed by atoms with Crippen molar-refractivity contribution in [3.63, 3.8) is 0 Å². The average Bonchev–Trinajstić information content (AvgIpc) is 2.22. The summed E-state index contributed by atoms with van der Waals surface area (Å²) in [5.74, 6) is -0.185. The van der Waals surface area contributed by atoms with Crippen molar-refractivity contribution in [3.05, 3.63) is 47.5 Å². The number of hydrogen-bond donors (Lipinski definition) is 2. The maximum absolute atomic E-state index is 11.2. The number of hydrogen-bond acceptors (Lipinski definition) is 4. The van der Waals surface area contributed by atoms with Crippen molar-refractivity contribution >= 4 is 22.0 Å². The molecule has 6 nitrogen and oxygen atoms in total. The number of carbonyl (C=O) groups excluding carboxylic acids is 2. The van der Waals surface area contributed by atoms with Crippen molar-refractivity contribution in [3.8, 4) is 0 Å². The SMILES string of the molecule is O=C1C=CC(=O)c2ccccc21.O=S(=O)(O)O.[Cu].